The molecule has 1 heterocycles. The predicted molar refractivity (Wildman–Crippen MR) is 266 cm³/mol. The van der Waals surface area contributed by atoms with Crippen LogP contribution in [0.1, 0.15) is 52.1 Å². The van der Waals surface area contributed by atoms with Crippen LogP contribution in [0.25, 0.3) is 16.7 Å². The van der Waals surface area contributed by atoms with Gasteiger partial charge in [0.05, 0.1) is 43.5 Å². The summed E-state index contributed by atoms with van der Waals surface area (Å²) < 4.78 is 155. The Morgan fingerprint density at radius 2 is 1.03 bits per heavy atom. The van der Waals surface area contributed by atoms with Crippen LogP contribution in [-0.4, -0.2) is 64.7 Å². The minimum Gasteiger partial charge on any atom is -0.457 e. The van der Waals surface area contributed by atoms with Gasteiger partial charge in [0, 0.05) is 57.1 Å². The van der Waals surface area contributed by atoms with E-state index in [0.717, 1.165) is 24.6 Å². The molecule has 1 aromatic heterocycles. The second-order valence-electron chi connectivity index (χ2n) is 15.4. The topological polar surface area (TPSA) is 170 Å². The van der Waals surface area contributed by atoms with Gasteiger partial charge in [-0.05, 0) is 113 Å². The molecular formula is C51H56F6N4O9S2. The SMILES string of the molecule is C.CCOC(C)(OCC)OCC.CS(=O)(=O)c1cccc(Oc2cccc(Nc3cccc(C(F)(F)F)c3N)c2)c1.Cc1nc2c(C(F)(F)F)cccc2n1-c1cccc(Oc2cccc(S(C)(=O)=O)c2)c1. The van der Waals surface area contributed by atoms with Gasteiger partial charge >= 0.3 is 12.4 Å². The second-order valence-corrected chi connectivity index (χ2v) is 19.5. The van der Waals surface area contributed by atoms with E-state index in [-0.39, 0.29) is 28.4 Å². The first kappa shape index (κ1) is 57.9. The Hall–Kier alpha value is -6.65. The van der Waals surface area contributed by atoms with Crippen LogP contribution in [0.15, 0.2) is 143 Å². The van der Waals surface area contributed by atoms with Gasteiger partial charge < -0.3 is 34.7 Å². The molecule has 0 radical (unpaired) electrons. The van der Waals surface area contributed by atoms with E-state index in [4.69, 9.17) is 29.4 Å². The van der Waals surface area contributed by atoms with Crippen molar-refractivity contribution in [1.29, 1.82) is 0 Å². The first-order chi connectivity index (χ1) is 33.3. The zero-order valence-electron chi connectivity index (χ0n) is 39.6. The molecule has 0 aliphatic heterocycles. The van der Waals surface area contributed by atoms with Gasteiger partial charge in [-0.1, -0.05) is 43.8 Å². The molecule has 388 valence electrons. The number of nitrogens with one attached hydrogen (secondary N) is 1. The molecule has 3 N–H and O–H groups in total. The van der Waals surface area contributed by atoms with Crippen LogP contribution in [0.4, 0.5) is 43.4 Å². The fourth-order valence-electron chi connectivity index (χ4n) is 6.89. The van der Waals surface area contributed by atoms with Gasteiger partial charge in [-0.25, -0.2) is 21.8 Å². The molecule has 13 nitrogen and oxygen atoms in total. The van der Waals surface area contributed by atoms with Crippen molar-refractivity contribution in [3.63, 3.8) is 0 Å². The summed E-state index contributed by atoms with van der Waals surface area (Å²) >= 11 is 0. The van der Waals surface area contributed by atoms with Crippen molar-refractivity contribution in [3.05, 3.63) is 150 Å². The molecule has 0 saturated carbocycles. The number of imidazole rings is 1. The number of halogens is 6. The third kappa shape index (κ3) is 15.7. The van der Waals surface area contributed by atoms with Gasteiger partial charge in [-0.2, -0.15) is 26.3 Å². The van der Waals surface area contributed by atoms with Crippen molar-refractivity contribution in [1.82, 2.24) is 9.55 Å². The predicted octanol–water partition coefficient (Wildman–Crippen LogP) is 13.2. The molecule has 0 saturated heterocycles. The number of para-hydroxylation sites is 2. The van der Waals surface area contributed by atoms with Gasteiger partial charge in [0.15, 0.2) is 19.7 Å². The van der Waals surface area contributed by atoms with Gasteiger partial charge in [0.25, 0.3) is 5.97 Å². The minimum absolute atomic E-state index is 0. The lowest BCUT2D eigenvalue weighted by atomic mass is 10.1. The molecule has 21 heteroatoms. The molecule has 72 heavy (non-hydrogen) atoms. The Morgan fingerprint density at radius 1 is 0.597 bits per heavy atom. The Kier molecular flexibility index (Phi) is 19.5. The number of hydrogen-bond acceptors (Lipinski definition) is 12. The maximum atomic E-state index is 13.4. The zero-order chi connectivity index (χ0) is 52.4. The molecule has 0 aliphatic carbocycles. The number of fused-ring (bicyclic) bond motifs is 1. The first-order valence-corrected chi connectivity index (χ1v) is 25.4. The highest BCUT2D eigenvalue weighted by molar-refractivity contribution is 7.91. The molecule has 7 rings (SSSR count). The van der Waals surface area contributed by atoms with Crippen LogP contribution in [0.5, 0.6) is 23.0 Å². The van der Waals surface area contributed by atoms with Crippen molar-refractivity contribution in [2.75, 3.05) is 43.4 Å². The number of sulfone groups is 2. The summed E-state index contributed by atoms with van der Waals surface area (Å²) in [4.78, 5) is 4.38. The molecule has 6 aromatic carbocycles. The van der Waals surface area contributed by atoms with Gasteiger partial charge in [-0.15, -0.1) is 0 Å². The molecule has 0 spiro atoms. The lowest BCUT2D eigenvalue weighted by Gasteiger charge is -2.27. The minimum atomic E-state index is -4.56. The molecule has 0 atom stereocenters. The largest absolute Gasteiger partial charge is 0.457 e. The average molecular weight is 1050 g/mol. The number of hydrogen-bond donors (Lipinski definition) is 2. The van der Waals surface area contributed by atoms with E-state index < -0.39 is 54.8 Å². The van der Waals surface area contributed by atoms with Crippen LogP contribution < -0.4 is 20.5 Å². The Labute approximate surface area is 415 Å². The molecular weight excluding hydrogens is 991 g/mol. The van der Waals surface area contributed by atoms with E-state index in [1.54, 1.807) is 97.3 Å². The number of benzene rings is 6. The maximum absolute atomic E-state index is 13.4. The highest BCUT2D eigenvalue weighted by Gasteiger charge is 2.35. The third-order valence-corrected chi connectivity index (χ3v) is 12.1. The summed E-state index contributed by atoms with van der Waals surface area (Å²) in [5, 5.41) is 2.85. The fraction of sp³-hybridized carbons (Fsp3) is 0.275. The zero-order valence-corrected chi connectivity index (χ0v) is 41.2. The van der Waals surface area contributed by atoms with E-state index in [0.29, 0.717) is 65.5 Å². The summed E-state index contributed by atoms with van der Waals surface area (Å²) in [5.41, 5.74) is 4.86. The quantitative estimate of drug-likeness (QED) is 0.0567. The molecule has 7 aromatic rings. The molecule has 0 unspecified atom stereocenters. The van der Waals surface area contributed by atoms with Crippen molar-refractivity contribution >= 4 is 47.8 Å². The van der Waals surface area contributed by atoms with Crippen LogP contribution >= 0.6 is 0 Å². The lowest BCUT2D eigenvalue weighted by molar-refractivity contribution is -0.365. The Bertz CT molecular complexity index is 3150. The van der Waals surface area contributed by atoms with Gasteiger partial charge in [0.2, 0.25) is 0 Å². The Balaban J connectivity index is 0.000000257. The van der Waals surface area contributed by atoms with Crippen LogP contribution in [-0.2, 0) is 46.2 Å². The highest BCUT2D eigenvalue weighted by atomic mass is 32.2. The van der Waals surface area contributed by atoms with E-state index in [1.807, 2.05) is 20.8 Å². The van der Waals surface area contributed by atoms with Crippen molar-refractivity contribution in [2.24, 2.45) is 0 Å². The fourth-order valence-corrected chi connectivity index (χ4v) is 8.20. The third-order valence-electron chi connectivity index (χ3n) is 9.92. The normalized spacial score (nSPS) is 11.9. The number of aryl methyl sites for hydroxylation is 1. The number of nitrogens with two attached hydrogens (primary N) is 1. The lowest BCUT2D eigenvalue weighted by Crippen LogP contribution is -2.35. The van der Waals surface area contributed by atoms with Crippen LogP contribution in [0, 0.1) is 6.92 Å². The van der Waals surface area contributed by atoms with Crippen molar-refractivity contribution in [2.45, 2.75) is 70.2 Å². The summed E-state index contributed by atoms with van der Waals surface area (Å²) in [6.45, 7) is 10.9. The first-order valence-electron chi connectivity index (χ1n) is 21.6. The monoisotopic (exact) mass is 1050 g/mol. The number of anilines is 3. The van der Waals surface area contributed by atoms with Crippen molar-refractivity contribution < 1.29 is 66.9 Å². The van der Waals surface area contributed by atoms with Crippen LogP contribution in [0.2, 0.25) is 0 Å². The number of nitrogens with zero attached hydrogens (tertiary/aromatic N) is 2. The maximum Gasteiger partial charge on any atom is 0.418 e. The number of alkyl halides is 6. The number of rotatable bonds is 15. The molecule has 0 bridgehead atoms. The number of nitrogen functional groups attached to an aromatic ring is 1. The standard InChI is InChI=1S/C22H17F3N2O3S.C20H17F3N2O3S.C8H18O3.CH4/c1-14-26-21-19(22(23,24)25)10-5-11-20(21)27(14)15-6-3-7-16(12-15)30-17-8-4-9-18(13-17)31(2,28)29;1-29(26,27)16-8-3-7-15(12-16)28-14-6-2-5-13(11-14)25-18-10-4-9-17(19(18)24)20(21,22)23;1-5-9-8(4,10-6-2)11-7-3;/h3-13H,1-2H3;2-12,25H,24H2,1H3;5-7H2,1-4H3;1H4. The smallest absolute Gasteiger partial charge is 0.418 e. The number of aromatic nitrogens is 2. The van der Waals surface area contributed by atoms with Crippen LogP contribution in [0.3, 0.4) is 0 Å². The summed E-state index contributed by atoms with van der Waals surface area (Å²) in [7, 11) is -6.78. The van der Waals surface area contributed by atoms with E-state index >= 15 is 0 Å². The summed E-state index contributed by atoms with van der Waals surface area (Å²) in [6, 6.07) is 32.8. The number of ether oxygens (including phenoxy) is 5. The summed E-state index contributed by atoms with van der Waals surface area (Å²) in [5.74, 6) is 0.943. The Morgan fingerprint density at radius 3 is 1.51 bits per heavy atom. The average Bonchev–Trinajstić information content (AvgIpc) is 3.62. The van der Waals surface area contributed by atoms with Gasteiger partial charge in [0.1, 0.15) is 34.3 Å². The second kappa shape index (κ2) is 24.2. The van der Waals surface area contributed by atoms with E-state index in [1.165, 1.54) is 42.5 Å². The van der Waals surface area contributed by atoms with E-state index in [2.05, 4.69) is 10.3 Å². The molecule has 0 fully saturated rings. The molecule has 0 aliphatic rings. The molecule has 0 amide bonds. The van der Waals surface area contributed by atoms with E-state index in [9.17, 15) is 43.2 Å². The van der Waals surface area contributed by atoms with Crippen molar-refractivity contribution in [3.8, 4) is 28.7 Å². The van der Waals surface area contributed by atoms with Gasteiger partial charge in [-0.3, -0.25) is 4.57 Å². The summed E-state index contributed by atoms with van der Waals surface area (Å²) in [6.07, 6.45) is -6.87. The highest BCUT2D eigenvalue weighted by Crippen LogP contribution is 2.39.